The van der Waals surface area contributed by atoms with Crippen molar-refractivity contribution >= 4 is 33.5 Å². The van der Waals surface area contributed by atoms with Crippen LogP contribution in [0, 0.1) is 6.92 Å². The monoisotopic (exact) mass is 386 g/mol. The van der Waals surface area contributed by atoms with Crippen LogP contribution in [0.2, 0.25) is 0 Å². The number of thiophene rings is 1. The van der Waals surface area contributed by atoms with Gasteiger partial charge >= 0.3 is 11.9 Å². The van der Waals surface area contributed by atoms with Crippen LogP contribution in [0.4, 0.5) is 0 Å². The van der Waals surface area contributed by atoms with Gasteiger partial charge in [-0.2, -0.15) is 0 Å². The zero-order valence-electron chi connectivity index (χ0n) is 15.1. The Morgan fingerprint density at radius 2 is 1.85 bits per heavy atom. The van der Waals surface area contributed by atoms with Crippen molar-refractivity contribution in [1.82, 2.24) is 9.55 Å². The summed E-state index contributed by atoms with van der Waals surface area (Å²) in [5.74, 6) is -0.709. The van der Waals surface area contributed by atoms with Crippen LogP contribution in [0.5, 0.6) is 5.75 Å². The molecule has 8 heteroatoms. The summed E-state index contributed by atoms with van der Waals surface area (Å²) >= 11 is 1.13. The van der Waals surface area contributed by atoms with Crippen molar-refractivity contribution in [2.24, 2.45) is 0 Å². The Hall–Kier alpha value is -3.00. The lowest BCUT2D eigenvalue weighted by Gasteiger charge is -2.05. The molecule has 140 valence electrons. The van der Waals surface area contributed by atoms with Gasteiger partial charge in [-0.25, -0.2) is 14.6 Å². The van der Waals surface area contributed by atoms with Crippen molar-refractivity contribution in [3.8, 4) is 5.75 Å². The molecule has 0 atom stereocenters. The van der Waals surface area contributed by atoms with Gasteiger partial charge in [0.1, 0.15) is 15.5 Å². The standard InChI is InChI=1S/C19H18N2O5S/c1-4-21-10-20-16-14(17(21)22)11(3)15(27-16)19(24)26-13-8-6-12(7-9-13)18(23)25-5-2/h6-10H,4-5H2,1-3H3. The van der Waals surface area contributed by atoms with Gasteiger partial charge in [-0.05, 0) is 50.6 Å². The van der Waals surface area contributed by atoms with Gasteiger partial charge in [-0.15, -0.1) is 11.3 Å². The third kappa shape index (κ3) is 3.61. The maximum Gasteiger partial charge on any atom is 0.354 e. The van der Waals surface area contributed by atoms with Crippen molar-refractivity contribution in [3.05, 3.63) is 57.0 Å². The van der Waals surface area contributed by atoms with Gasteiger partial charge in [-0.3, -0.25) is 9.36 Å². The van der Waals surface area contributed by atoms with E-state index in [1.54, 1.807) is 13.8 Å². The second-order valence-electron chi connectivity index (χ2n) is 5.71. The molecule has 0 aliphatic heterocycles. The number of hydrogen-bond donors (Lipinski definition) is 0. The molecule has 3 rings (SSSR count). The van der Waals surface area contributed by atoms with Crippen LogP contribution >= 0.6 is 11.3 Å². The largest absolute Gasteiger partial charge is 0.462 e. The quantitative estimate of drug-likeness (QED) is 0.494. The van der Waals surface area contributed by atoms with Crippen molar-refractivity contribution < 1.29 is 19.1 Å². The molecular formula is C19H18N2O5S. The van der Waals surface area contributed by atoms with E-state index in [1.165, 1.54) is 35.2 Å². The van der Waals surface area contributed by atoms with E-state index in [0.717, 1.165) is 11.3 Å². The summed E-state index contributed by atoms with van der Waals surface area (Å²) in [6, 6.07) is 6.10. The number of fused-ring (bicyclic) bond motifs is 1. The highest BCUT2D eigenvalue weighted by atomic mass is 32.1. The predicted molar refractivity (Wildman–Crippen MR) is 102 cm³/mol. The molecule has 0 N–H and O–H groups in total. The number of ether oxygens (including phenoxy) is 2. The molecule has 0 saturated carbocycles. The van der Waals surface area contributed by atoms with Crippen LogP contribution in [-0.4, -0.2) is 28.1 Å². The van der Waals surface area contributed by atoms with Crippen LogP contribution in [0.1, 0.15) is 39.4 Å². The SMILES string of the molecule is CCOC(=O)c1ccc(OC(=O)c2sc3ncn(CC)c(=O)c3c2C)cc1. The number of hydrogen-bond acceptors (Lipinski definition) is 7. The Kier molecular flexibility index (Phi) is 5.36. The molecule has 2 heterocycles. The summed E-state index contributed by atoms with van der Waals surface area (Å²) in [6.07, 6.45) is 1.48. The summed E-state index contributed by atoms with van der Waals surface area (Å²) in [5.41, 5.74) is 0.761. The average molecular weight is 386 g/mol. The van der Waals surface area contributed by atoms with Gasteiger partial charge < -0.3 is 9.47 Å². The maximum atomic E-state index is 12.6. The number of aromatic nitrogens is 2. The lowest BCUT2D eigenvalue weighted by atomic mass is 10.2. The first-order chi connectivity index (χ1) is 13.0. The molecule has 1 aromatic carbocycles. The zero-order chi connectivity index (χ0) is 19.6. The van der Waals surface area contributed by atoms with Gasteiger partial charge in [0.15, 0.2) is 0 Å². The summed E-state index contributed by atoms with van der Waals surface area (Å²) in [5, 5.41) is 0.439. The number of carbonyl (C=O) groups excluding carboxylic acids is 2. The molecular weight excluding hydrogens is 368 g/mol. The van der Waals surface area contributed by atoms with E-state index in [2.05, 4.69) is 4.98 Å². The number of nitrogens with zero attached hydrogens (tertiary/aromatic N) is 2. The summed E-state index contributed by atoms with van der Waals surface area (Å²) < 4.78 is 11.8. The number of aryl methyl sites for hydroxylation is 2. The molecule has 0 saturated heterocycles. The van der Waals surface area contributed by atoms with Crippen LogP contribution in [-0.2, 0) is 11.3 Å². The Labute approximate surface area is 159 Å². The van der Waals surface area contributed by atoms with Crippen LogP contribution in [0.3, 0.4) is 0 Å². The molecule has 0 amide bonds. The molecule has 0 aliphatic rings. The van der Waals surface area contributed by atoms with E-state index < -0.39 is 11.9 Å². The lowest BCUT2D eigenvalue weighted by molar-refractivity contribution is 0.0526. The highest BCUT2D eigenvalue weighted by Crippen LogP contribution is 2.28. The molecule has 0 aliphatic carbocycles. The fourth-order valence-corrected chi connectivity index (χ4v) is 3.62. The first-order valence-corrected chi connectivity index (χ1v) is 9.25. The summed E-state index contributed by atoms with van der Waals surface area (Å²) in [6.45, 7) is 6.08. The molecule has 0 unspecified atom stereocenters. The van der Waals surface area contributed by atoms with Crippen LogP contribution in [0.15, 0.2) is 35.4 Å². The smallest absolute Gasteiger partial charge is 0.354 e. The average Bonchev–Trinajstić information content (AvgIpc) is 3.00. The van der Waals surface area contributed by atoms with Crippen molar-refractivity contribution in [3.63, 3.8) is 0 Å². The molecule has 0 spiro atoms. The fraction of sp³-hybridized carbons (Fsp3) is 0.263. The summed E-state index contributed by atoms with van der Waals surface area (Å²) in [4.78, 5) is 41.8. The third-order valence-corrected chi connectivity index (χ3v) is 5.20. The topological polar surface area (TPSA) is 87.5 Å². The van der Waals surface area contributed by atoms with E-state index in [9.17, 15) is 14.4 Å². The normalized spacial score (nSPS) is 10.8. The number of rotatable bonds is 5. The van der Waals surface area contributed by atoms with Gasteiger partial charge in [0.25, 0.3) is 5.56 Å². The first kappa shape index (κ1) is 18.8. The molecule has 0 fully saturated rings. The molecule has 7 nitrogen and oxygen atoms in total. The lowest BCUT2D eigenvalue weighted by Crippen LogP contribution is -2.19. The summed E-state index contributed by atoms with van der Waals surface area (Å²) in [7, 11) is 0. The number of esters is 2. The second kappa shape index (κ2) is 7.71. The van der Waals surface area contributed by atoms with Crippen LogP contribution < -0.4 is 10.3 Å². The first-order valence-electron chi connectivity index (χ1n) is 8.44. The van der Waals surface area contributed by atoms with Gasteiger partial charge in [0, 0.05) is 6.54 Å². The molecule has 2 aromatic heterocycles. The van der Waals surface area contributed by atoms with E-state index in [4.69, 9.17) is 9.47 Å². The van der Waals surface area contributed by atoms with E-state index >= 15 is 0 Å². The number of carbonyl (C=O) groups is 2. The zero-order valence-corrected chi connectivity index (χ0v) is 16.0. The minimum absolute atomic E-state index is 0.172. The minimum atomic E-state index is -0.568. The predicted octanol–water partition coefficient (Wildman–Crippen LogP) is 3.18. The fourth-order valence-electron chi connectivity index (χ4n) is 2.61. The van der Waals surface area contributed by atoms with Gasteiger partial charge in [0.2, 0.25) is 0 Å². The Balaban J connectivity index is 1.86. The maximum absolute atomic E-state index is 12.6. The molecule has 3 aromatic rings. The van der Waals surface area contributed by atoms with Crippen molar-refractivity contribution in [1.29, 1.82) is 0 Å². The Morgan fingerprint density at radius 1 is 1.15 bits per heavy atom. The van der Waals surface area contributed by atoms with Gasteiger partial charge in [0.05, 0.1) is 23.9 Å². The second-order valence-corrected chi connectivity index (χ2v) is 6.71. The third-order valence-electron chi connectivity index (χ3n) is 4.02. The number of benzene rings is 1. The van der Waals surface area contributed by atoms with E-state index in [1.807, 2.05) is 6.92 Å². The van der Waals surface area contributed by atoms with Crippen LogP contribution in [0.25, 0.3) is 10.2 Å². The van der Waals surface area contributed by atoms with E-state index in [0.29, 0.717) is 38.5 Å². The molecule has 27 heavy (non-hydrogen) atoms. The van der Waals surface area contributed by atoms with Gasteiger partial charge in [-0.1, -0.05) is 0 Å². The van der Waals surface area contributed by atoms with Crippen molar-refractivity contribution in [2.75, 3.05) is 6.61 Å². The highest BCUT2D eigenvalue weighted by Gasteiger charge is 2.21. The highest BCUT2D eigenvalue weighted by molar-refractivity contribution is 7.20. The Bertz CT molecular complexity index is 1070. The molecule has 0 radical (unpaired) electrons. The van der Waals surface area contributed by atoms with E-state index in [-0.39, 0.29) is 12.2 Å². The molecule has 0 bridgehead atoms. The van der Waals surface area contributed by atoms with Crippen molar-refractivity contribution in [2.45, 2.75) is 27.3 Å². The Morgan fingerprint density at radius 3 is 2.48 bits per heavy atom. The minimum Gasteiger partial charge on any atom is -0.462 e.